The fourth-order valence-electron chi connectivity index (χ4n) is 2.95. The van der Waals surface area contributed by atoms with Gasteiger partial charge in [0.1, 0.15) is 0 Å². The maximum Gasteiger partial charge on any atom is 0.243 e. The van der Waals surface area contributed by atoms with E-state index in [2.05, 4.69) is 0 Å². The van der Waals surface area contributed by atoms with Crippen LogP contribution >= 0.6 is 0 Å². The number of aryl methyl sites for hydroxylation is 2. The van der Waals surface area contributed by atoms with Crippen LogP contribution in [-0.2, 0) is 10.0 Å². The molecule has 1 aliphatic carbocycles. The Balaban J connectivity index is 2.25. The number of rotatable bonds is 4. The fraction of sp³-hybridized carbons (Fsp3) is 0.600. The molecule has 0 spiro atoms. The largest absolute Gasteiger partial charge is 0.389 e. The summed E-state index contributed by atoms with van der Waals surface area (Å²) in [5.41, 5.74) is 0.925. The van der Waals surface area contributed by atoms with E-state index in [1.807, 2.05) is 13.0 Å². The van der Waals surface area contributed by atoms with Crippen LogP contribution in [-0.4, -0.2) is 37.0 Å². The van der Waals surface area contributed by atoms with Crippen LogP contribution in [0.4, 0.5) is 0 Å². The predicted octanol–water partition coefficient (Wildman–Crippen LogP) is 2.23. The first kappa shape index (κ1) is 15.5. The molecule has 0 aromatic heterocycles. The summed E-state index contributed by atoms with van der Waals surface area (Å²) >= 11 is 0. The zero-order valence-electron chi connectivity index (χ0n) is 12.4. The summed E-state index contributed by atoms with van der Waals surface area (Å²) in [7, 11) is -1.99. The topological polar surface area (TPSA) is 57.6 Å². The van der Waals surface area contributed by atoms with Crippen molar-refractivity contribution in [2.24, 2.45) is 0 Å². The first-order chi connectivity index (χ1) is 9.24. The molecule has 0 amide bonds. The zero-order valence-corrected chi connectivity index (χ0v) is 13.2. The van der Waals surface area contributed by atoms with Gasteiger partial charge >= 0.3 is 0 Å². The molecular formula is C15H23NO3S. The Bertz CT molecular complexity index is 589. The van der Waals surface area contributed by atoms with E-state index < -0.39 is 15.6 Å². The average Bonchev–Trinajstić information content (AvgIpc) is 2.75. The zero-order chi connectivity index (χ0) is 15.0. The molecule has 0 aliphatic heterocycles. The molecule has 112 valence electrons. The molecule has 0 radical (unpaired) electrons. The van der Waals surface area contributed by atoms with Crippen molar-refractivity contribution in [1.29, 1.82) is 0 Å². The van der Waals surface area contributed by atoms with Gasteiger partial charge in [0.05, 0.1) is 10.5 Å². The van der Waals surface area contributed by atoms with Crippen molar-refractivity contribution in [3.8, 4) is 0 Å². The van der Waals surface area contributed by atoms with E-state index in [4.69, 9.17) is 0 Å². The van der Waals surface area contributed by atoms with Crippen LogP contribution in [0.5, 0.6) is 0 Å². The molecule has 20 heavy (non-hydrogen) atoms. The third-order valence-corrected chi connectivity index (χ3v) is 6.03. The number of aliphatic hydroxyl groups is 1. The molecule has 1 saturated carbocycles. The number of sulfonamides is 1. The van der Waals surface area contributed by atoms with E-state index in [9.17, 15) is 13.5 Å². The van der Waals surface area contributed by atoms with E-state index in [-0.39, 0.29) is 6.54 Å². The lowest BCUT2D eigenvalue weighted by Gasteiger charge is -2.28. The van der Waals surface area contributed by atoms with Gasteiger partial charge in [-0.3, -0.25) is 0 Å². The smallest absolute Gasteiger partial charge is 0.243 e. The molecule has 1 aliphatic rings. The van der Waals surface area contributed by atoms with Gasteiger partial charge in [-0.2, -0.15) is 4.31 Å². The first-order valence-corrected chi connectivity index (χ1v) is 8.45. The van der Waals surface area contributed by atoms with Crippen molar-refractivity contribution >= 4 is 10.0 Å². The molecule has 2 rings (SSSR count). The van der Waals surface area contributed by atoms with E-state index >= 15 is 0 Å². The summed E-state index contributed by atoms with van der Waals surface area (Å²) in [6.07, 6.45) is 3.29. The number of nitrogens with zero attached hydrogens (tertiary/aromatic N) is 1. The predicted molar refractivity (Wildman–Crippen MR) is 79.1 cm³/mol. The molecule has 1 aromatic rings. The molecule has 0 heterocycles. The van der Waals surface area contributed by atoms with Gasteiger partial charge in [0, 0.05) is 13.6 Å². The van der Waals surface area contributed by atoms with Gasteiger partial charge in [-0.05, 0) is 38.3 Å². The summed E-state index contributed by atoms with van der Waals surface area (Å²) in [5.74, 6) is 0. The van der Waals surface area contributed by atoms with Crippen molar-refractivity contribution in [2.75, 3.05) is 13.6 Å². The van der Waals surface area contributed by atoms with Gasteiger partial charge in [0.15, 0.2) is 0 Å². The lowest BCUT2D eigenvalue weighted by molar-refractivity contribution is 0.0333. The van der Waals surface area contributed by atoms with E-state index in [1.165, 1.54) is 4.31 Å². The number of likely N-dealkylation sites (N-methyl/N-ethyl adjacent to an activating group) is 1. The average molecular weight is 297 g/mol. The van der Waals surface area contributed by atoms with Crippen molar-refractivity contribution in [3.05, 3.63) is 29.3 Å². The van der Waals surface area contributed by atoms with E-state index in [0.717, 1.165) is 24.0 Å². The van der Waals surface area contributed by atoms with Crippen molar-refractivity contribution in [1.82, 2.24) is 4.31 Å². The molecule has 1 N–H and O–H groups in total. The Hall–Kier alpha value is -0.910. The highest BCUT2D eigenvalue weighted by Gasteiger charge is 2.36. The number of hydrogen-bond acceptors (Lipinski definition) is 3. The molecule has 0 unspecified atom stereocenters. The minimum atomic E-state index is -3.54. The monoisotopic (exact) mass is 297 g/mol. The highest BCUT2D eigenvalue weighted by atomic mass is 32.2. The second-order valence-electron chi connectivity index (χ2n) is 5.96. The van der Waals surface area contributed by atoms with Gasteiger partial charge in [0.25, 0.3) is 0 Å². The van der Waals surface area contributed by atoms with Crippen LogP contribution in [0.2, 0.25) is 0 Å². The second-order valence-corrected chi connectivity index (χ2v) is 7.97. The first-order valence-electron chi connectivity index (χ1n) is 7.01. The van der Waals surface area contributed by atoms with E-state index in [0.29, 0.717) is 17.7 Å². The number of benzene rings is 1. The summed E-state index contributed by atoms with van der Waals surface area (Å²) in [6.45, 7) is 3.91. The third-order valence-electron chi connectivity index (χ3n) is 4.07. The Morgan fingerprint density at radius 3 is 2.40 bits per heavy atom. The molecule has 0 saturated heterocycles. The maximum atomic E-state index is 12.6. The van der Waals surface area contributed by atoms with Crippen LogP contribution in [0.3, 0.4) is 0 Å². The third kappa shape index (κ3) is 3.05. The van der Waals surface area contributed by atoms with Crippen LogP contribution in [0.1, 0.15) is 36.8 Å². The normalized spacial score (nSPS) is 18.6. The minimum Gasteiger partial charge on any atom is -0.389 e. The lowest BCUT2D eigenvalue weighted by Crippen LogP contribution is -2.42. The molecule has 5 heteroatoms. The molecule has 0 atom stereocenters. The Morgan fingerprint density at radius 2 is 1.85 bits per heavy atom. The minimum absolute atomic E-state index is 0.169. The van der Waals surface area contributed by atoms with Gasteiger partial charge in [-0.15, -0.1) is 0 Å². The van der Waals surface area contributed by atoms with Gasteiger partial charge in [0.2, 0.25) is 10.0 Å². The molecule has 0 bridgehead atoms. The molecule has 1 fully saturated rings. The number of hydrogen-bond donors (Lipinski definition) is 1. The fourth-order valence-corrected chi connectivity index (χ4v) is 4.40. The van der Waals surface area contributed by atoms with Crippen LogP contribution in [0.25, 0.3) is 0 Å². The Morgan fingerprint density at radius 1 is 1.25 bits per heavy atom. The van der Waals surface area contributed by atoms with Crippen LogP contribution < -0.4 is 0 Å². The van der Waals surface area contributed by atoms with Gasteiger partial charge < -0.3 is 5.11 Å². The SMILES string of the molecule is Cc1ccc(S(=O)(=O)N(C)CC2(O)CCCC2)c(C)c1. The maximum absolute atomic E-state index is 12.6. The van der Waals surface area contributed by atoms with Gasteiger partial charge in [-0.25, -0.2) is 8.42 Å². The Labute approximate surface area is 121 Å². The summed E-state index contributed by atoms with van der Waals surface area (Å²) in [6, 6.07) is 5.32. The summed E-state index contributed by atoms with van der Waals surface area (Å²) in [4.78, 5) is 0.326. The summed E-state index contributed by atoms with van der Waals surface area (Å²) < 4.78 is 26.5. The van der Waals surface area contributed by atoms with E-state index in [1.54, 1.807) is 26.1 Å². The van der Waals surface area contributed by atoms with Crippen LogP contribution in [0.15, 0.2) is 23.1 Å². The molecule has 1 aromatic carbocycles. The quantitative estimate of drug-likeness (QED) is 0.927. The van der Waals surface area contributed by atoms with Crippen LogP contribution in [0, 0.1) is 13.8 Å². The highest BCUT2D eigenvalue weighted by Crippen LogP contribution is 2.31. The lowest BCUT2D eigenvalue weighted by atomic mass is 10.0. The van der Waals surface area contributed by atoms with Crippen molar-refractivity contribution < 1.29 is 13.5 Å². The standard InChI is InChI=1S/C15H23NO3S/c1-12-6-7-14(13(2)10-12)20(18,19)16(3)11-15(17)8-4-5-9-15/h6-7,10,17H,4-5,8-9,11H2,1-3H3. The van der Waals surface area contributed by atoms with Crippen molar-refractivity contribution in [2.45, 2.75) is 50.0 Å². The highest BCUT2D eigenvalue weighted by molar-refractivity contribution is 7.89. The molecular weight excluding hydrogens is 274 g/mol. The van der Waals surface area contributed by atoms with Crippen molar-refractivity contribution in [3.63, 3.8) is 0 Å². The summed E-state index contributed by atoms with van der Waals surface area (Å²) in [5, 5.41) is 10.4. The second kappa shape index (κ2) is 5.47. The van der Waals surface area contributed by atoms with Gasteiger partial charge in [-0.1, -0.05) is 30.5 Å². The Kier molecular flexibility index (Phi) is 4.23. The molecule has 4 nitrogen and oxygen atoms in total.